The van der Waals surface area contributed by atoms with Crippen LogP contribution in [0.25, 0.3) is 5.95 Å². The highest BCUT2D eigenvalue weighted by Gasteiger charge is 2.16. The topological polar surface area (TPSA) is 85.8 Å². The Bertz CT molecular complexity index is 619. The molecule has 2 N–H and O–H groups in total. The molecule has 2 heterocycles. The summed E-state index contributed by atoms with van der Waals surface area (Å²) in [5, 5.41) is 4.94. The third kappa shape index (κ3) is 2.53. The van der Waals surface area contributed by atoms with Crippen LogP contribution < -0.4 is 10.6 Å². The van der Waals surface area contributed by atoms with Crippen LogP contribution in [0.4, 0.5) is 11.9 Å². The van der Waals surface area contributed by atoms with E-state index in [0.717, 1.165) is 24.5 Å². The van der Waals surface area contributed by atoms with Gasteiger partial charge in [-0.2, -0.15) is 20.1 Å². The Morgan fingerprint density at radius 3 is 2.30 bits per heavy atom. The van der Waals surface area contributed by atoms with Crippen molar-refractivity contribution in [1.82, 2.24) is 24.7 Å². The fourth-order valence-corrected chi connectivity index (χ4v) is 2.05. The monoisotopic (exact) mass is 295 g/mol. The van der Waals surface area contributed by atoms with E-state index in [1.54, 1.807) is 4.68 Å². The first-order valence-electron chi connectivity index (χ1n) is 6.46. The van der Waals surface area contributed by atoms with E-state index in [4.69, 9.17) is 17.3 Å². The molecule has 2 aromatic heterocycles. The van der Waals surface area contributed by atoms with Gasteiger partial charge in [-0.25, -0.2) is 4.68 Å². The van der Waals surface area contributed by atoms with Gasteiger partial charge < -0.3 is 10.6 Å². The maximum absolute atomic E-state index is 6.15. The minimum absolute atomic E-state index is 0.167. The van der Waals surface area contributed by atoms with Crippen molar-refractivity contribution in [2.75, 3.05) is 23.7 Å². The van der Waals surface area contributed by atoms with Crippen molar-refractivity contribution >= 4 is 23.5 Å². The van der Waals surface area contributed by atoms with Crippen LogP contribution in [0.15, 0.2) is 0 Å². The van der Waals surface area contributed by atoms with Gasteiger partial charge in [0.15, 0.2) is 0 Å². The van der Waals surface area contributed by atoms with Crippen LogP contribution in [0, 0.1) is 13.8 Å². The zero-order valence-electron chi connectivity index (χ0n) is 12.1. The third-order valence-corrected chi connectivity index (χ3v) is 3.61. The maximum Gasteiger partial charge on any atom is 0.257 e. The van der Waals surface area contributed by atoms with E-state index in [1.807, 2.05) is 32.6 Å². The third-order valence-electron chi connectivity index (χ3n) is 3.07. The number of nitrogen functional groups attached to an aromatic ring is 1. The van der Waals surface area contributed by atoms with Gasteiger partial charge >= 0.3 is 0 Å². The lowest BCUT2D eigenvalue weighted by molar-refractivity contribution is 0.746. The van der Waals surface area contributed by atoms with E-state index < -0.39 is 0 Å². The molecule has 0 saturated carbocycles. The van der Waals surface area contributed by atoms with E-state index in [2.05, 4.69) is 20.1 Å². The van der Waals surface area contributed by atoms with Crippen LogP contribution in [0.1, 0.15) is 25.2 Å². The largest absolute Gasteiger partial charge is 0.368 e. The van der Waals surface area contributed by atoms with Gasteiger partial charge in [0.2, 0.25) is 11.9 Å². The lowest BCUT2D eigenvalue weighted by Gasteiger charge is -2.18. The summed E-state index contributed by atoms with van der Waals surface area (Å²) in [7, 11) is 0. The quantitative estimate of drug-likeness (QED) is 0.925. The van der Waals surface area contributed by atoms with Gasteiger partial charge in [0.1, 0.15) is 0 Å². The second kappa shape index (κ2) is 5.62. The Kier molecular flexibility index (Phi) is 4.08. The van der Waals surface area contributed by atoms with Gasteiger partial charge in [-0.05, 0) is 27.7 Å². The molecule has 108 valence electrons. The summed E-state index contributed by atoms with van der Waals surface area (Å²) in [5.74, 6) is 1.09. The second-order valence-electron chi connectivity index (χ2n) is 4.36. The van der Waals surface area contributed by atoms with E-state index in [9.17, 15) is 0 Å². The van der Waals surface area contributed by atoms with Crippen molar-refractivity contribution in [2.24, 2.45) is 0 Å². The molecule has 0 atom stereocenters. The first-order valence-corrected chi connectivity index (χ1v) is 6.84. The number of nitrogens with two attached hydrogens (primary N) is 1. The molecule has 7 nitrogen and oxygen atoms in total. The lowest BCUT2D eigenvalue weighted by atomic mass is 10.4. The summed E-state index contributed by atoms with van der Waals surface area (Å²) in [5.41, 5.74) is 7.28. The highest BCUT2D eigenvalue weighted by molar-refractivity contribution is 6.31. The number of anilines is 2. The van der Waals surface area contributed by atoms with Crippen LogP contribution in [-0.4, -0.2) is 37.8 Å². The number of hydrogen-bond donors (Lipinski definition) is 1. The van der Waals surface area contributed by atoms with Crippen LogP contribution in [0.2, 0.25) is 5.02 Å². The Labute approximate surface area is 122 Å². The summed E-state index contributed by atoms with van der Waals surface area (Å²) >= 11 is 6.15. The molecule has 8 heteroatoms. The first kappa shape index (κ1) is 14.5. The highest BCUT2D eigenvalue weighted by Crippen LogP contribution is 2.21. The molecule has 0 aliphatic rings. The van der Waals surface area contributed by atoms with E-state index in [-0.39, 0.29) is 5.95 Å². The molecule has 0 aliphatic carbocycles. The standard InChI is InChI=1S/C12H18ClN7/c1-5-19(6-2)11-15-10(14)16-12(17-11)20-8(4)9(13)7(3)18-20/h5-6H2,1-4H3,(H2,14,15,16,17). The molecular formula is C12H18ClN7. The first-order chi connectivity index (χ1) is 9.47. The Hall–Kier alpha value is -1.89. The average molecular weight is 296 g/mol. The van der Waals surface area contributed by atoms with Crippen molar-refractivity contribution in [3.63, 3.8) is 0 Å². The number of nitrogens with zero attached hydrogens (tertiary/aromatic N) is 6. The molecule has 20 heavy (non-hydrogen) atoms. The molecule has 0 fully saturated rings. The zero-order valence-corrected chi connectivity index (χ0v) is 12.8. The fraction of sp³-hybridized carbons (Fsp3) is 0.500. The number of aryl methyl sites for hydroxylation is 1. The molecule has 2 rings (SSSR count). The SMILES string of the molecule is CCN(CC)c1nc(N)nc(-n2nc(C)c(Cl)c2C)n1. The van der Waals surface area contributed by atoms with Gasteiger partial charge in [0, 0.05) is 13.1 Å². The van der Waals surface area contributed by atoms with Gasteiger partial charge in [0.05, 0.1) is 16.4 Å². The Morgan fingerprint density at radius 2 is 1.80 bits per heavy atom. The van der Waals surface area contributed by atoms with Crippen LogP contribution >= 0.6 is 11.6 Å². The van der Waals surface area contributed by atoms with Crippen molar-refractivity contribution in [3.05, 3.63) is 16.4 Å². The number of aromatic nitrogens is 5. The van der Waals surface area contributed by atoms with Gasteiger partial charge in [-0.3, -0.25) is 0 Å². The summed E-state index contributed by atoms with van der Waals surface area (Å²) < 4.78 is 1.59. The predicted octanol–water partition coefficient (Wildman–Crippen LogP) is 1.76. The predicted molar refractivity (Wildman–Crippen MR) is 79.4 cm³/mol. The van der Waals surface area contributed by atoms with Crippen molar-refractivity contribution in [1.29, 1.82) is 0 Å². The molecule has 0 aliphatic heterocycles. The lowest BCUT2D eigenvalue weighted by Crippen LogP contribution is -2.25. The number of hydrogen-bond acceptors (Lipinski definition) is 6. The van der Waals surface area contributed by atoms with Crippen molar-refractivity contribution in [3.8, 4) is 5.95 Å². The zero-order chi connectivity index (χ0) is 14.9. The molecule has 2 aromatic rings. The van der Waals surface area contributed by atoms with Crippen LogP contribution in [-0.2, 0) is 0 Å². The van der Waals surface area contributed by atoms with Gasteiger partial charge in [0.25, 0.3) is 5.95 Å². The second-order valence-corrected chi connectivity index (χ2v) is 4.74. The smallest absolute Gasteiger partial charge is 0.257 e. The molecule has 0 bridgehead atoms. The summed E-state index contributed by atoms with van der Waals surface area (Å²) in [6.45, 7) is 9.34. The number of halogens is 1. The average Bonchev–Trinajstić information content (AvgIpc) is 2.67. The molecule has 0 amide bonds. The van der Waals surface area contributed by atoms with Crippen molar-refractivity contribution in [2.45, 2.75) is 27.7 Å². The minimum atomic E-state index is 0.167. The van der Waals surface area contributed by atoms with Gasteiger partial charge in [-0.15, -0.1) is 0 Å². The molecule has 0 unspecified atom stereocenters. The molecule has 0 saturated heterocycles. The summed E-state index contributed by atoms with van der Waals surface area (Å²) in [6, 6.07) is 0. The normalized spacial score (nSPS) is 10.8. The minimum Gasteiger partial charge on any atom is -0.368 e. The maximum atomic E-state index is 6.15. The molecule has 0 radical (unpaired) electrons. The van der Waals surface area contributed by atoms with Crippen LogP contribution in [0.5, 0.6) is 0 Å². The fourth-order valence-electron chi connectivity index (χ4n) is 1.93. The van der Waals surface area contributed by atoms with Gasteiger partial charge in [-0.1, -0.05) is 11.6 Å². The number of rotatable bonds is 4. The van der Waals surface area contributed by atoms with Crippen LogP contribution in [0.3, 0.4) is 0 Å². The summed E-state index contributed by atoms with van der Waals surface area (Å²) in [6.07, 6.45) is 0. The van der Waals surface area contributed by atoms with Crippen molar-refractivity contribution < 1.29 is 0 Å². The Balaban J connectivity index is 2.54. The molecule has 0 spiro atoms. The Morgan fingerprint density at radius 1 is 1.15 bits per heavy atom. The van der Waals surface area contributed by atoms with E-state index in [0.29, 0.717) is 16.9 Å². The van der Waals surface area contributed by atoms with E-state index in [1.165, 1.54) is 0 Å². The summed E-state index contributed by atoms with van der Waals surface area (Å²) in [4.78, 5) is 14.7. The molecular weight excluding hydrogens is 278 g/mol. The van der Waals surface area contributed by atoms with E-state index >= 15 is 0 Å². The highest BCUT2D eigenvalue weighted by atomic mass is 35.5. The molecule has 0 aromatic carbocycles.